The molecule has 29 heavy (non-hydrogen) atoms. The molecule has 0 unspecified atom stereocenters. The molecule has 2 aliphatic heterocycles. The van der Waals surface area contributed by atoms with Gasteiger partial charge in [0.2, 0.25) is 5.91 Å². The van der Waals surface area contributed by atoms with E-state index >= 15 is 0 Å². The molecule has 2 aromatic heterocycles. The van der Waals surface area contributed by atoms with Crippen molar-refractivity contribution < 1.29 is 27.4 Å². The number of nitrogens with one attached hydrogen (secondary N) is 1. The van der Waals surface area contributed by atoms with E-state index in [0.717, 1.165) is 17.0 Å². The molecular weight excluding hydrogens is 389 g/mol. The second-order valence-corrected chi connectivity index (χ2v) is 7.65. The van der Waals surface area contributed by atoms with Gasteiger partial charge in [-0.15, -0.1) is 0 Å². The third-order valence-corrected chi connectivity index (χ3v) is 5.39. The van der Waals surface area contributed by atoms with Gasteiger partial charge in [-0.1, -0.05) is 6.07 Å². The Morgan fingerprint density at radius 1 is 1.41 bits per heavy atom. The first-order valence-electron chi connectivity index (χ1n) is 9.50. The molecule has 0 radical (unpaired) electrons. The maximum atomic E-state index is 12.3. The van der Waals surface area contributed by atoms with Crippen molar-refractivity contribution in [2.75, 3.05) is 32.8 Å². The maximum Gasteiger partial charge on any atom is 0.405 e. The highest BCUT2D eigenvalue weighted by Crippen LogP contribution is 2.32. The average molecular weight is 412 g/mol. The number of halogens is 3. The molecule has 0 bridgehead atoms. The van der Waals surface area contributed by atoms with E-state index < -0.39 is 30.3 Å². The fourth-order valence-corrected chi connectivity index (χ4v) is 4.01. The van der Waals surface area contributed by atoms with Gasteiger partial charge in [0.05, 0.1) is 24.6 Å². The van der Waals surface area contributed by atoms with Crippen LogP contribution in [0.1, 0.15) is 17.8 Å². The minimum absolute atomic E-state index is 0.180. The van der Waals surface area contributed by atoms with Gasteiger partial charge in [0.1, 0.15) is 23.9 Å². The molecule has 0 aliphatic carbocycles. The standard InChI is InChI=1S/C19H23F3N4O3/c1-13-14(26-5-3-2-4-16(26)24-13)9-25-6-7-29-18(11-25)8-15(28-12-18)17(27)23-10-19(20,21)22/h2-5,15H,6-12H2,1H3,(H,23,27)/t15-,18+/m1/s1. The number of amides is 1. The molecule has 0 saturated carbocycles. The lowest BCUT2D eigenvalue weighted by atomic mass is 9.97. The number of aryl methyl sites for hydroxylation is 1. The van der Waals surface area contributed by atoms with Crippen molar-refractivity contribution in [3.8, 4) is 0 Å². The summed E-state index contributed by atoms with van der Waals surface area (Å²) in [7, 11) is 0. The lowest BCUT2D eigenvalue weighted by Crippen LogP contribution is -2.52. The van der Waals surface area contributed by atoms with E-state index in [1.807, 2.05) is 36.6 Å². The van der Waals surface area contributed by atoms with E-state index in [1.54, 1.807) is 0 Å². The number of carbonyl (C=O) groups excluding carboxylic acids is 1. The number of hydrogen-bond acceptors (Lipinski definition) is 5. The number of fused-ring (bicyclic) bond motifs is 1. The lowest BCUT2D eigenvalue weighted by molar-refractivity contribution is -0.143. The first-order chi connectivity index (χ1) is 13.7. The summed E-state index contributed by atoms with van der Waals surface area (Å²) in [5, 5.41) is 1.89. The van der Waals surface area contributed by atoms with Gasteiger partial charge in [-0.25, -0.2) is 4.98 Å². The molecule has 2 aliphatic rings. The number of aromatic nitrogens is 2. The van der Waals surface area contributed by atoms with Gasteiger partial charge in [0, 0.05) is 32.3 Å². The van der Waals surface area contributed by atoms with Gasteiger partial charge in [0.15, 0.2) is 0 Å². The average Bonchev–Trinajstić information content (AvgIpc) is 3.21. The second-order valence-electron chi connectivity index (χ2n) is 7.65. The summed E-state index contributed by atoms with van der Waals surface area (Å²) in [6.45, 7) is 3.17. The number of pyridine rings is 1. The smallest absolute Gasteiger partial charge is 0.370 e. The Balaban J connectivity index is 1.41. The van der Waals surface area contributed by atoms with Crippen molar-refractivity contribution in [2.45, 2.75) is 37.8 Å². The number of morpholine rings is 1. The second kappa shape index (κ2) is 7.58. The largest absolute Gasteiger partial charge is 0.405 e. The molecule has 7 nitrogen and oxygen atoms in total. The predicted molar refractivity (Wildman–Crippen MR) is 97.3 cm³/mol. The summed E-state index contributed by atoms with van der Waals surface area (Å²) in [5.74, 6) is -0.752. The van der Waals surface area contributed by atoms with Gasteiger partial charge in [-0.3, -0.25) is 9.69 Å². The Bertz CT molecular complexity index is 900. The fraction of sp³-hybridized carbons (Fsp3) is 0.579. The summed E-state index contributed by atoms with van der Waals surface area (Å²) in [5.41, 5.74) is 2.22. The van der Waals surface area contributed by atoms with Crippen LogP contribution in [-0.4, -0.2) is 70.9 Å². The van der Waals surface area contributed by atoms with Gasteiger partial charge < -0.3 is 19.2 Å². The summed E-state index contributed by atoms with van der Waals surface area (Å²) in [4.78, 5) is 18.8. The van der Waals surface area contributed by atoms with Crippen molar-refractivity contribution in [3.05, 3.63) is 35.8 Å². The molecule has 2 fully saturated rings. The molecule has 158 valence electrons. The van der Waals surface area contributed by atoms with Crippen LogP contribution < -0.4 is 5.32 Å². The van der Waals surface area contributed by atoms with E-state index in [2.05, 4.69) is 14.3 Å². The van der Waals surface area contributed by atoms with Crippen LogP contribution in [0.2, 0.25) is 0 Å². The van der Waals surface area contributed by atoms with Gasteiger partial charge >= 0.3 is 6.18 Å². The van der Waals surface area contributed by atoms with E-state index in [0.29, 0.717) is 26.2 Å². The Kier molecular flexibility index (Phi) is 5.26. The minimum Gasteiger partial charge on any atom is -0.370 e. The molecule has 4 heterocycles. The van der Waals surface area contributed by atoms with Crippen molar-refractivity contribution in [2.24, 2.45) is 0 Å². The zero-order valence-corrected chi connectivity index (χ0v) is 16.0. The van der Waals surface area contributed by atoms with Crippen LogP contribution in [0, 0.1) is 6.92 Å². The minimum atomic E-state index is -4.45. The van der Waals surface area contributed by atoms with Crippen molar-refractivity contribution in [3.63, 3.8) is 0 Å². The number of alkyl halides is 3. The number of rotatable bonds is 4. The summed E-state index contributed by atoms with van der Waals surface area (Å²) >= 11 is 0. The summed E-state index contributed by atoms with van der Waals surface area (Å²) in [6, 6.07) is 5.84. The highest BCUT2D eigenvalue weighted by atomic mass is 19.4. The SMILES string of the molecule is Cc1nc2ccccn2c1CN1CCO[C@]2(CO[C@@H](C(=O)NCC(F)(F)F)C2)C1. The van der Waals surface area contributed by atoms with Gasteiger partial charge in [-0.2, -0.15) is 13.2 Å². The number of hydrogen-bond donors (Lipinski definition) is 1. The third kappa shape index (κ3) is 4.39. The number of imidazole rings is 1. The van der Waals surface area contributed by atoms with E-state index in [1.165, 1.54) is 0 Å². The molecule has 4 rings (SSSR count). The number of carbonyl (C=O) groups is 1. The normalized spacial score (nSPS) is 25.7. The van der Waals surface area contributed by atoms with E-state index in [-0.39, 0.29) is 13.0 Å². The van der Waals surface area contributed by atoms with Crippen LogP contribution in [0.15, 0.2) is 24.4 Å². The van der Waals surface area contributed by atoms with E-state index in [4.69, 9.17) is 9.47 Å². The molecular formula is C19H23F3N4O3. The monoisotopic (exact) mass is 412 g/mol. The molecule has 10 heteroatoms. The Labute approximate surface area is 165 Å². The van der Waals surface area contributed by atoms with E-state index in [9.17, 15) is 18.0 Å². The van der Waals surface area contributed by atoms with Gasteiger partial charge in [0.25, 0.3) is 0 Å². The van der Waals surface area contributed by atoms with Crippen LogP contribution in [-0.2, 0) is 20.8 Å². The highest BCUT2D eigenvalue weighted by molar-refractivity contribution is 5.81. The summed E-state index contributed by atoms with van der Waals surface area (Å²) < 4.78 is 50.5. The molecule has 1 spiro atoms. The first kappa shape index (κ1) is 20.1. The molecule has 2 aromatic rings. The summed E-state index contributed by atoms with van der Waals surface area (Å²) in [6.07, 6.45) is -3.18. The maximum absolute atomic E-state index is 12.3. The van der Waals surface area contributed by atoms with Gasteiger partial charge in [-0.05, 0) is 19.1 Å². The van der Waals surface area contributed by atoms with Crippen molar-refractivity contribution in [1.82, 2.24) is 19.6 Å². The third-order valence-electron chi connectivity index (χ3n) is 5.39. The molecule has 1 N–H and O–H groups in total. The molecule has 2 saturated heterocycles. The molecule has 1 amide bonds. The lowest BCUT2D eigenvalue weighted by Gasteiger charge is -2.39. The quantitative estimate of drug-likeness (QED) is 0.828. The predicted octanol–water partition coefficient (Wildman–Crippen LogP) is 1.68. The fourth-order valence-electron chi connectivity index (χ4n) is 4.01. The topological polar surface area (TPSA) is 68.1 Å². The first-order valence-corrected chi connectivity index (χ1v) is 9.50. The highest BCUT2D eigenvalue weighted by Gasteiger charge is 2.47. The van der Waals surface area contributed by atoms with Crippen LogP contribution >= 0.6 is 0 Å². The van der Waals surface area contributed by atoms with Crippen LogP contribution in [0.25, 0.3) is 5.65 Å². The number of nitrogens with zero attached hydrogens (tertiary/aromatic N) is 3. The van der Waals surface area contributed by atoms with Crippen molar-refractivity contribution >= 4 is 11.6 Å². The Hall–Kier alpha value is -2.17. The van der Waals surface area contributed by atoms with Crippen LogP contribution in [0.5, 0.6) is 0 Å². The zero-order chi connectivity index (χ0) is 20.6. The number of ether oxygens (including phenoxy) is 2. The zero-order valence-electron chi connectivity index (χ0n) is 16.0. The van der Waals surface area contributed by atoms with Crippen molar-refractivity contribution in [1.29, 1.82) is 0 Å². The Morgan fingerprint density at radius 3 is 3.03 bits per heavy atom. The molecule has 2 atom stereocenters. The molecule has 0 aromatic carbocycles. The van der Waals surface area contributed by atoms with Crippen LogP contribution in [0.4, 0.5) is 13.2 Å². The van der Waals surface area contributed by atoms with Crippen LogP contribution in [0.3, 0.4) is 0 Å². The Morgan fingerprint density at radius 2 is 2.24 bits per heavy atom.